The highest BCUT2D eigenvalue weighted by atomic mass is 15.3. The van der Waals surface area contributed by atoms with Gasteiger partial charge in [-0.2, -0.15) is 0 Å². The molecular weight excluding hydrogens is 240 g/mol. The lowest BCUT2D eigenvalue weighted by atomic mass is 10.1. The number of rotatable bonds is 3. The zero-order valence-corrected chi connectivity index (χ0v) is 10.6. The molecule has 0 fully saturated rings. The Bertz CT molecular complexity index is 705. The van der Waals surface area contributed by atoms with Gasteiger partial charge in [-0.15, -0.1) is 10.2 Å². The molecule has 0 aliphatic carbocycles. The van der Waals surface area contributed by atoms with Crippen molar-refractivity contribution >= 4 is 17.2 Å². The molecule has 2 heterocycles. The van der Waals surface area contributed by atoms with E-state index < -0.39 is 0 Å². The van der Waals surface area contributed by atoms with Crippen LogP contribution in [0.3, 0.4) is 0 Å². The van der Waals surface area contributed by atoms with Crippen molar-refractivity contribution in [1.29, 1.82) is 0 Å². The average Bonchev–Trinajstić information content (AvgIpc) is 2.94. The largest absolute Gasteiger partial charge is 0.326 e. The topological polar surface area (TPSA) is 72.3 Å². The van der Waals surface area contributed by atoms with Gasteiger partial charge < -0.3 is 10.6 Å². The fraction of sp³-hybridized carbons (Fsp3) is 0.154. The molecule has 0 aliphatic rings. The Labute approximate surface area is 110 Å². The van der Waals surface area contributed by atoms with E-state index in [0.29, 0.717) is 6.54 Å². The van der Waals surface area contributed by atoms with E-state index in [1.165, 1.54) is 0 Å². The van der Waals surface area contributed by atoms with Crippen molar-refractivity contribution < 1.29 is 0 Å². The number of fused-ring (bicyclic) bond motifs is 1. The highest BCUT2D eigenvalue weighted by molar-refractivity contribution is 5.72. The van der Waals surface area contributed by atoms with E-state index in [4.69, 9.17) is 5.73 Å². The van der Waals surface area contributed by atoms with Crippen molar-refractivity contribution in [3.63, 3.8) is 0 Å². The second-order valence-electron chi connectivity index (χ2n) is 4.20. The minimum absolute atomic E-state index is 0.482. The molecule has 0 radical (unpaired) electrons. The van der Waals surface area contributed by atoms with Crippen molar-refractivity contribution in [2.24, 2.45) is 5.73 Å². The molecule has 2 aromatic heterocycles. The highest BCUT2D eigenvalue weighted by Crippen LogP contribution is 2.27. The highest BCUT2D eigenvalue weighted by Gasteiger charge is 2.13. The summed E-state index contributed by atoms with van der Waals surface area (Å²) in [7, 11) is 1.95. The number of hydrogen-bond acceptors (Lipinski definition) is 5. The average molecular weight is 254 g/mol. The normalized spacial score (nSPS) is 10.8. The van der Waals surface area contributed by atoms with Crippen LogP contribution in [-0.4, -0.2) is 26.6 Å². The zero-order valence-electron chi connectivity index (χ0n) is 10.6. The van der Waals surface area contributed by atoms with Crippen LogP contribution in [0.1, 0.15) is 5.56 Å². The summed E-state index contributed by atoms with van der Waals surface area (Å²) in [6, 6.07) is 7.99. The number of benzene rings is 1. The SMILES string of the molecule is CN(c1ccccc1CN)c1nccn2cnnc12. The Morgan fingerprint density at radius 2 is 2.16 bits per heavy atom. The Balaban J connectivity index is 2.13. The molecule has 0 amide bonds. The van der Waals surface area contributed by atoms with Crippen LogP contribution in [0.25, 0.3) is 5.65 Å². The standard InChI is InChI=1S/C13H14N6/c1-18(11-5-3-2-4-10(11)8-14)12-13-17-16-9-19(13)7-6-15-12/h2-7,9H,8,14H2,1H3. The van der Waals surface area contributed by atoms with Gasteiger partial charge in [0.25, 0.3) is 0 Å². The monoisotopic (exact) mass is 254 g/mol. The van der Waals surface area contributed by atoms with Gasteiger partial charge in [-0.05, 0) is 11.6 Å². The minimum Gasteiger partial charge on any atom is -0.326 e. The molecule has 0 saturated heterocycles. The maximum Gasteiger partial charge on any atom is 0.204 e. The lowest BCUT2D eigenvalue weighted by molar-refractivity contribution is 1.02. The number of nitrogens with two attached hydrogens (primary N) is 1. The van der Waals surface area contributed by atoms with Crippen molar-refractivity contribution in [2.45, 2.75) is 6.54 Å². The predicted molar refractivity (Wildman–Crippen MR) is 73.2 cm³/mol. The van der Waals surface area contributed by atoms with Crippen molar-refractivity contribution in [3.8, 4) is 0 Å². The Hall–Kier alpha value is -2.47. The lowest BCUT2D eigenvalue weighted by Gasteiger charge is -2.21. The van der Waals surface area contributed by atoms with Gasteiger partial charge in [0, 0.05) is 31.7 Å². The van der Waals surface area contributed by atoms with Crippen LogP contribution < -0.4 is 10.6 Å². The molecule has 0 atom stereocenters. The van der Waals surface area contributed by atoms with Gasteiger partial charge in [-0.3, -0.25) is 4.40 Å². The second-order valence-corrected chi connectivity index (χ2v) is 4.20. The molecule has 0 aliphatic heterocycles. The van der Waals surface area contributed by atoms with Gasteiger partial charge in [-0.25, -0.2) is 4.98 Å². The number of hydrogen-bond donors (Lipinski definition) is 1. The number of aromatic nitrogens is 4. The van der Waals surface area contributed by atoms with Gasteiger partial charge in [0.05, 0.1) is 0 Å². The first-order chi connectivity index (χ1) is 9.31. The van der Waals surface area contributed by atoms with Crippen LogP contribution in [0.5, 0.6) is 0 Å². The zero-order chi connectivity index (χ0) is 13.2. The molecule has 3 rings (SSSR count). The first-order valence-electron chi connectivity index (χ1n) is 5.97. The van der Waals surface area contributed by atoms with Gasteiger partial charge in [0.15, 0.2) is 5.82 Å². The third-order valence-electron chi connectivity index (χ3n) is 3.09. The summed E-state index contributed by atoms with van der Waals surface area (Å²) in [6.45, 7) is 0.482. The molecule has 3 aromatic rings. The molecule has 96 valence electrons. The minimum atomic E-state index is 0.482. The Morgan fingerprint density at radius 3 is 3.00 bits per heavy atom. The van der Waals surface area contributed by atoms with E-state index in [9.17, 15) is 0 Å². The predicted octanol–water partition coefficient (Wildman–Crippen LogP) is 1.35. The van der Waals surface area contributed by atoms with Crippen molar-refractivity contribution in [2.75, 3.05) is 11.9 Å². The van der Waals surface area contributed by atoms with E-state index in [0.717, 1.165) is 22.7 Å². The van der Waals surface area contributed by atoms with Crippen molar-refractivity contribution in [3.05, 3.63) is 48.5 Å². The smallest absolute Gasteiger partial charge is 0.204 e. The molecule has 6 heteroatoms. The van der Waals surface area contributed by atoms with Gasteiger partial charge >= 0.3 is 0 Å². The van der Waals surface area contributed by atoms with Gasteiger partial charge in [-0.1, -0.05) is 18.2 Å². The van der Waals surface area contributed by atoms with E-state index in [1.54, 1.807) is 12.5 Å². The van der Waals surface area contributed by atoms with E-state index in [-0.39, 0.29) is 0 Å². The molecule has 0 saturated carbocycles. The third-order valence-corrected chi connectivity index (χ3v) is 3.09. The first-order valence-corrected chi connectivity index (χ1v) is 5.97. The summed E-state index contributed by atoms with van der Waals surface area (Å²) in [5.41, 5.74) is 8.58. The molecule has 6 nitrogen and oxygen atoms in total. The van der Waals surface area contributed by atoms with E-state index in [2.05, 4.69) is 15.2 Å². The third kappa shape index (κ3) is 1.92. The maximum absolute atomic E-state index is 5.78. The van der Waals surface area contributed by atoms with Gasteiger partial charge in [0.2, 0.25) is 5.65 Å². The molecular formula is C13H14N6. The second kappa shape index (κ2) is 4.66. The molecule has 0 spiro atoms. The molecule has 19 heavy (non-hydrogen) atoms. The number of para-hydroxylation sites is 1. The summed E-state index contributed by atoms with van der Waals surface area (Å²) in [5, 5.41) is 8.00. The van der Waals surface area contributed by atoms with Crippen LogP contribution in [0.4, 0.5) is 11.5 Å². The van der Waals surface area contributed by atoms with Crippen LogP contribution in [0.2, 0.25) is 0 Å². The summed E-state index contributed by atoms with van der Waals surface area (Å²) in [6.07, 6.45) is 5.21. The van der Waals surface area contributed by atoms with Gasteiger partial charge in [0.1, 0.15) is 6.33 Å². The van der Waals surface area contributed by atoms with Crippen LogP contribution in [0, 0.1) is 0 Å². The number of nitrogens with zero attached hydrogens (tertiary/aromatic N) is 5. The molecule has 0 unspecified atom stereocenters. The van der Waals surface area contributed by atoms with E-state index >= 15 is 0 Å². The fourth-order valence-electron chi connectivity index (χ4n) is 2.11. The molecule has 2 N–H and O–H groups in total. The summed E-state index contributed by atoms with van der Waals surface area (Å²) < 4.78 is 1.84. The lowest BCUT2D eigenvalue weighted by Crippen LogP contribution is -2.15. The first kappa shape index (κ1) is 11.6. The van der Waals surface area contributed by atoms with Crippen LogP contribution in [0.15, 0.2) is 43.0 Å². The maximum atomic E-state index is 5.78. The van der Waals surface area contributed by atoms with E-state index in [1.807, 2.05) is 46.8 Å². The summed E-state index contributed by atoms with van der Waals surface area (Å²) >= 11 is 0. The quantitative estimate of drug-likeness (QED) is 0.763. The Kier molecular flexibility index (Phi) is 2.85. The summed E-state index contributed by atoms with van der Waals surface area (Å²) in [4.78, 5) is 6.37. The van der Waals surface area contributed by atoms with Crippen molar-refractivity contribution in [1.82, 2.24) is 19.6 Å². The van der Waals surface area contributed by atoms with Crippen LogP contribution in [-0.2, 0) is 6.54 Å². The van der Waals surface area contributed by atoms with Crippen LogP contribution >= 0.6 is 0 Å². The fourth-order valence-corrected chi connectivity index (χ4v) is 2.11. The molecule has 1 aromatic carbocycles. The molecule has 0 bridgehead atoms. The number of anilines is 2. The Morgan fingerprint density at radius 1 is 1.32 bits per heavy atom. The summed E-state index contributed by atoms with van der Waals surface area (Å²) in [5.74, 6) is 0.751.